The molecule has 3 rings (SSSR count). The molecule has 0 bridgehead atoms. The van der Waals surface area contributed by atoms with Gasteiger partial charge in [-0.05, 0) is 32.8 Å². The lowest BCUT2D eigenvalue weighted by Crippen LogP contribution is -2.50. The standard InChI is InChI=1S/C19H29N5O2/c1-5-9-23(10-6-2)19-21-16-15(18(25)22-19)7-8-20-17(16)24-13(3)11-26-12-14(24)4/h7-8,13-14H,5-6,9-12H2,1-4H3,(H,21,22,25). The zero-order valence-electron chi connectivity index (χ0n) is 16.2. The van der Waals surface area contributed by atoms with E-state index in [1.54, 1.807) is 12.3 Å². The molecule has 7 heteroatoms. The molecule has 0 radical (unpaired) electrons. The largest absolute Gasteiger partial charge is 0.377 e. The molecule has 0 amide bonds. The van der Waals surface area contributed by atoms with E-state index in [2.05, 4.69) is 47.5 Å². The second kappa shape index (κ2) is 8.03. The van der Waals surface area contributed by atoms with Gasteiger partial charge in [-0.25, -0.2) is 9.97 Å². The first-order valence-corrected chi connectivity index (χ1v) is 9.56. The summed E-state index contributed by atoms with van der Waals surface area (Å²) < 4.78 is 5.64. The normalized spacial score (nSPS) is 20.5. The van der Waals surface area contributed by atoms with Gasteiger partial charge in [0.05, 0.1) is 30.7 Å². The van der Waals surface area contributed by atoms with Crippen LogP contribution in [0.5, 0.6) is 0 Å². The minimum Gasteiger partial charge on any atom is -0.377 e. The first-order valence-electron chi connectivity index (χ1n) is 9.56. The third-order valence-electron chi connectivity index (χ3n) is 4.79. The number of H-pyrrole nitrogens is 1. The van der Waals surface area contributed by atoms with Crippen molar-refractivity contribution >= 4 is 22.7 Å². The summed E-state index contributed by atoms with van der Waals surface area (Å²) in [4.78, 5) is 29.5. The van der Waals surface area contributed by atoms with Crippen LogP contribution in [-0.4, -0.2) is 53.3 Å². The number of aromatic amines is 1. The highest BCUT2D eigenvalue weighted by Crippen LogP contribution is 2.27. The molecular formula is C19H29N5O2. The predicted octanol–water partition coefficient (Wildman–Crippen LogP) is 2.56. The molecule has 3 heterocycles. The Kier molecular flexibility index (Phi) is 5.76. The summed E-state index contributed by atoms with van der Waals surface area (Å²) >= 11 is 0. The molecule has 2 aromatic rings. The van der Waals surface area contributed by atoms with Gasteiger partial charge in [0.15, 0.2) is 5.82 Å². The van der Waals surface area contributed by atoms with Crippen LogP contribution < -0.4 is 15.4 Å². The average molecular weight is 359 g/mol. The topological polar surface area (TPSA) is 74.4 Å². The third-order valence-corrected chi connectivity index (χ3v) is 4.79. The molecule has 2 unspecified atom stereocenters. The van der Waals surface area contributed by atoms with Crippen molar-refractivity contribution in [3.05, 3.63) is 22.6 Å². The van der Waals surface area contributed by atoms with E-state index in [1.165, 1.54) is 0 Å². The van der Waals surface area contributed by atoms with Crippen LogP contribution in [0.1, 0.15) is 40.5 Å². The molecule has 2 atom stereocenters. The van der Waals surface area contributed by atoms with Crippen molar-refractivity contribution in [1.29, 1.82) is 0 Å². The summed E-state index contributed by atoms with van der Waals surface area (Å²) in [5.74, 6) is 1.40. The van der Waals surface area contributed by atoms with Crippen molar-refractivity contribution in [1.82, 2.24) is 15.0 Å². The average Bonchev–Trinajstić information content (AvgIpc) is 2.62. The van der Waals surface area contributed by atoms with Crippen LogP contribution in [0.4, 0.5) is 11.8 Å². The monoisotopic (exact) mass is 359 g/mol. The molecule has 26 heavy (non-hydrogen) atoms. The Morgan fingerprint density at radius 3 is 2.50 bits per heavy atom. The van der Waals surface area contributed by atoms with Gasteiger partial charge in [0, 0.05) is 19.3 Å². The van der Waals surface area contributed by atoms with E-state index in [1.807, 2.05) is 0 Å². The number of morpholine rings is 1. The number of anilines is 2. The summed E-state index contributed by atoms with van der Waals surface area (Å²) in [6, 6.07) is 2.11. The molecule has 0 aliphatic carbocycles. The van der Waals surface area contributed by atoms with E-state index >= 15 is 0 Å². The molecule has 0 saturated carbocycles. The summed E-state index contributed by atoms with van der Waals surface area (Å²) in [6.07, 6.45) is 3.69. The van der Waals surface area contributed by atoms with E-state index < -0.39 is 0 Å². The van der Waals surface area contributed by atoms with Crippen molar-refractivity contribution in [2.75, 3.05) is 36.1 Å². The zero-order valence-corrected chi connectivity index (χ0v) is 16.2. The summed E-state index contributed by atoms with van der Waals surface area (Å²) in [5.41, 5.74) is 0.559. The van der Waals surface area contributed by atoms with Gasteiger partial charge in [-0.15, -0.1) is 0 Å². The van der Waals surface area contributed by atoms with Crippen LogP contribution in [0.15, 0.2) is 17.1 Å². The Balaban J connectivity index is 2.14. The second-order valence-corrected chi connectivity index (χ2v) is 7.05. The molecule has 1 N–H and O–H groups in total. The lowest BCUT2D eigenvalue weighted by molar-refractivity contribution is 0.0753. The molecule has 0 spiro atoms. The van der Waals surface area contributed by atoms with Gasteiger partial charge in [0.2, 0.25) is 5.95 Å². The predicted molar refractivity (Wildman–Crippen MR) is 105 cm³/mol. The number of aromatic nitrogens is 3. The van der Waals surface area contributed by atoms with Gasteiger partial charge in [-0.1, -0.05) is 13.8 Å². The Morgan fingerprint density at radius 1 is 1.23 bits per heavy atom. The molecule has 1 aliphatic heterocycles. The third kappa shape index (κ3) is 3.53. The Hall–Kier alpha value is -2.15. The highest BCUT2D eigenvalue weighted by Gasteiger charge is 2.29. The highest BCUT2D eigenvalue weighted by atomic mass is 16.5. The first kappa shape index (κ1) is 18.6. The molecule has 1 fully saturated rings. The highest BCUT2D eigenvalue weighted by molar-refractivity contribution is 5.88. The van der Waals surface area contributed by atoms with Crippen LogP contribution in [0.2, 0.25) is 0 Å². The van der Waals surface area contributed by atoms with Gasteiger partial charge in [-0.3, -0.25) is 9.78 Å². The van der Waals surface area contributed by atoms with Crippen LogP contribution in [0.3, 0.4) is 0 Å². The lowest BCUT2D eigenvalue weighted by atomic mass is 10.1. The number of nitrogens with zero attached hydrogens (tertiary/aromatic N) is 4. The van der Waals surface area contributed by atoms with E-state index in [-0.39, 0.29) is 17.6 Å². The van der Waals surface area contributed by atoms with E-state index in [0.29, 0.717) is 30.1 Å². The maximum Gasteiger partial charge on any atom is 0.260 e. The molecule has 2 aromatic heterocycles. The minimum atomic E-state index is -0.112. The number of ether oxygens (including phenoxy) is 1. The van der Waals surface area contributed by atoms with Gasteiger partial charge >= 0.3 is 0 Å². The van der Waals surface area contributed by atoms with Crippen molar-refractivity contribution in [3.8, 4) is 0 Å². The van der Waals surface area contributed by atoms with Crippen molar-refractivity contribution < 1.29 is 4.74 Å². The SMILES string of the molecule is CCCN(CCC)c1nc2c(N3C(C)COCC3C)nccc2c(=O)[nH]1. The van der Waals surface area contributed by atoms with E-state index in [0.717, 1.165) is 31.7 Å². The maximum atomic E-state index is 12.7. The zero-order chi connectivity index (χ0) is 18.7. The Bertz CT molecular complexity index is 790. The molecule has 1 aliphatic rings. The summed E-state index contributed by atoms with van der Waals surface area (Å²) in [6.45, 7) is 11.5. The van der Waals surface area contributed by atoms with Crippen molar-refractivity contribution in [2.24, 2.45) is 0 Å². The van der Waals surface area contributed by atoms with Gasteiger partial charge in [0.1, 0.15) is 5.52 Å². The molecule has 142 valence electrons. The van der Waals surface area contributed by atoms with Gasteiger partial charge < -0.3 is 14.5 Å². The van der Waals surface area contributed by atoms with E-state index in [4.69, 9.17) is 9.72 Å². The minimum absolute atomic E-state index is 0.112. The fourth-order valence-corrected chi connectivity index (χ4v) is 3.66. The number of hydrogen-bond acceptors (Lipinski definition) is 6. The summed E-state index contributed by atoms with van der Waals surface area (Å²) in [7, 11) is 0. The van der Waals surface area contributed by atoms with Gasteiger partial charge in [0.25, 0.3) is 5.56 Å². The Labute approximate surface area is 154 Å². The lowest BCUT2D eigenvalue weighted by Gasteiger charge is -2.39. The fourth-order valence-electron chi connectivity index (χ4n) is 3.66. The summed E-state index contributed by atoms with van der Waals surface area (Å²) in [5, 5.41) is 0.581. The molecule has 7 nitrogen and oxygen atoms in total. The van der Waals surface area contributed by atoms with Crippen molar-refractivity contribution in [2.45, 2.75) is 52.6 Å². The molecule has 0 aromatic carbocycles. The Morgan fingerprint density at radius 2 is 1.88 bits per heavy atom. The quantitative estimate of drug-likeness (QED) is 0.854. The van der Waals surface area contributed by atoms with E-state index in [9.17, 15) is 4.79 Å². The number of pyridine rings is 1. The number of hydrogen-bond donors (Lipinski definition) is 1. The second-order valence-electron chi connectivity index (χ2n) is 7.05. The number of fused-ring (bicyclic) bond motifs is 1. The van der Waals surface area contributed by atoms with Crippen LogP contribution >= 0.6 is 0 Å². The van der Waals surface area contributed by atoms with Gasteiger partial charge in [-0.2, -0.15) is 0 Å². The number of nitrogens with one attached hydrogen (secondary N) is 1. The molecular weight excluding hydrogens is 330 g/mol. The maximum absolute atomic E-state index is 12.7. The smallest absolute Gasteiger partial charge is 0.260 e. The first-order chi connectivity index (χ1) is 12.6. The fraction of sp³-hybridized carbons (Fsp3) is 0.632. The molecule has 1 saturated heterocycles. The van der Waals surface area contributed by atoms with Crippen molar-refractivity contribution in [3.63, 3.8) is 0 Å². The number of rotatable bonds is 6. The van der Waals surface area contributed by atoms with Crippen LogP contribution in [0, 0.1) is 0 Å². The van der Waals surface area contributed by atoms with Crippen LogP contribution in [-0.2, 0) is 4.74 Å². The van der Waals surface area contributed by atoms with Crippen LogP contribution in [0.25, 0.3) is 10.9 Å².